The fourth-order valence-corrected chi connectivity index (χ4v) is 3.43. The van der Waals surface area contributed by atoms with Crippen molar-refractivity contribution in [2.45, 2.75) is 0 Å². The number of benzene rings is 2. The number of aromatic nitrogens is 4. The first-order valence-corrected chi connectivity index (χ1v) is 9.70. The van der Waals surface area contributed by atoms with Crippen LogP contribution < -0.4 is 0 Å². The van der Waals surface area contributed by atoms with E-state index in [2.05, 4.69) is 68.5 Å². The zero-order chi connectivity index (χ0) is 20.2. The Labute approximate surface area is 175 Å². The second-order valence-electron chi connectivity index (χ2n) is 6.91. The van der Waals surface area contributed by atoms with Gasteiger partial charge in [0, 0.05) is 35.9 Å². The highest BCUT2D eigenvalue weighted by Crippen LogP contribution is 2.27. The molecule has 0 unspecified atom stereocenters. The Morgan fingerprint density at radius 2 is 0.700 bits per heavy atom. The second-order valence-corrected chi connectivity index (χ2v) is 6.91. The molecule has 4 heteroatoms. The van der Waals surface area contributed by atoms with Crippen LogP contribution in [-0.4, -0.2) is 19.9 Å². The van der Waals surface area contributed by atoms with E-state index in [1.54, 1.807) is 31.1 Å². The second kappa shape index (κ2) is 8.05. The molecule has 0 aliphatic carbocycles. The van der Waals surface area contributed by atoms with Crippen molar-refractivity contribution < 1.29 is 0 Å². The summed E-state index contributed by atoms with van der Waals surface area (Å²) in [7, 11) is 0. The molecule has 142 valence electrons. The van der Waals surface area contributed by atoms with Gasteiger partial charge in [-0.25, -0.2) is 9.97 Å². The van der Waals surface area contributed by atoms with Crippen LogP contribution >= 0.6 is 0 Å². The van der Waals surface area contributed by atoms with Crippen LogP contribution in [-0.2, 0) is 0 Å². The fourth-order valence-electron chi connectivity index (χ4n) is 3.43. The van der Waals surface area contributed by atoms with E-state index in [1.807, 2.05) is 30.3 Å². The molecule has 2 aromatic carbocycles. The van der Waals surface area contributed by atoms with Crippen molar-refractivity contribution >= 4 is 0 Å². The van der Waals surface area contributed by atoms with Gasteiger partial charge in [0.15, 0.2) is 0 Å². The van der Waals surface area contributed by atoms with E-state index in [1.165, 1.54) is 0 Å². The average Bonchev–Trinajstić information content (AvgIpc) is 2.85. The summed E-state index contributed by atoms with van der Waals surface area (Å²) in [6.07, 6.45) is 8.85. The Kier molecular flexibility index (Phi) is 4.80. The highest BCUT2D eigenvalue weighted by Gasteiger charge is 2.06. The largest absolute Gasteiger partial charge is 0.265 e. The Balaban J connectivity index is 1.42. The van der Waals surface area contributed by atoms with Crippen molar-refractivity contribution in [1.29, 1.82) is 0 Å². The quantitative estimate of drug-likeness (QED) is 0.384. The van der Waals surface area contributed by atoms with Crippen molar-refractivity contribution in [3.8, 4) is 44.8 Å². The van der Waals surface area contributed by atoms with Gasteiger partial charge in [-0.2, -0.15) is 0 Å². The van der Waals surface area contributed by atoms with Gasteiger partial charge in [0.05, 0.1) is 11.4 Å². The van der Waals surface area contributed by atoms with Crippen molar-refractivity contribution in [3.05, 3.63) is 110 Å². The molecule has 30 heavy (non-hydrogen) atoms. The third-order valence-corrected chi connectivity index (χ3v) is 5.06. The maximum atomic E-state index is 4.47. The zero-order valence-corrected chi connectivity index (χ0v) is 16.2. The van der Waals surface area contributed by atoms with E-state index in [4.69, 9.17) is 0 Å². The molecule has 0 N–H and O–H groups in total. The molecule has 0 radical (unpaired) electrons. The van der Waals surface area contributed by atoms with Gasteiger partial charge in [0.2, 0.25) is 0 Å². The van der Waals surface area contributed by atoms with Gasteiger partial charge in [-0.15, -0.1) is 0 Å². The molecule has 3 aromatic heterocycles. The van der Waals surface area contributed by atoms with E-state index < -0.39 is 0 Å². The summed E-state index contributed by atoms with van der Waals surface area (Å²) in [6, 6.07) is 26.9. The highest BCUT2D eigenvalue weighted by atomic mass is 14.8. The van der Waals surface area contributed by atoms with Crippen LogP contribution in [0.3, 0.4) is 0 Å². The van der Waals surface area contributed by atoms with Crippen LogP contribution in [0, 0.1) is 0 Å². The summed E-state index contributed by atoms with van der Waals surface area (Å²) in [5.41, 5.74) is 8.53. The topological polar surface area (TPSA) is 51.6 Å². The summed E-state index contributed by atoms with van der Waals surface area (Å²) in [5, 5.41) is 0. The van der Waals surface area contributed by atoms with E-state index in [-0.39, 0.29) is 0 Å². The summed E-state index contributed by atoms with van der Waals surface area (Å²) in [6.45, 7) is 0. The standard InChI is InChI=1S/C26H18N4/c1-5-23(6-2-19(1)21-9-13-27-14-10-21)25-17-26(30-18-29-25)24-7-3-20(4-8-24)22-11-15-28-16-12-22/h1-18H. The Morgan fingerprint density at radius 3 is 1.10 bits per heavy atom. The lowest BCUT2D eigenvalue weighted by Gasteiger charge is -2.07. The minimum absolute atomic E-state index is 0.902. The summed E-state index contributed by atoms with van der Waals surface area (Å²) in [5.74, 6) is 0. The summed E-state index contributed by atoms with van der Waals surface area (Å²) in [4.78, 5) is 17.1. The normalized spacial score (nSPS) is 10.7. The Bertz CT molecular complexity index is 1150. The maximum absolute atomic E-state index is 4.47. The third kappa shape index (κ3) is 3.71. The monoisotopic (exact) mass is 386 g/mol. The van der Waals surface area contributed by atoms with E-state index in [0.717, 1.165) is 44.8 Å². The van der Waals surface area contributed by atoms with Crippen LogP contribution in [0.1, 0.15) is 0 Å². The Morgan fingerprint density at radius 1 is 0.367 bits per heavy atom. The van der Waals surface area contributed by atoms with E-state index in [9.17, 15) is 0 Å². The molecule has 0 aliphatic heterocycles. The molecule has 0 bridgehead atoms. The van der Waals surface area contributed by atoms with Gasteiger partial charge in [-0.05, 0) is 52.6 Å². The number of hydrogen-bond donors (Lipinski definition) is 0. The maximum Gasteiger partial charge on any atom is 0.116 e. The van der Waals surface area contributed by atoms with Gasteiger partial charge in [-0.3, -0.25) is 9.97 Å². The molecule has 5 aromatic rings. The molecule has 3 heterocycles. The summed E-state index contributed by atoms with van der Waals surface area (Å²) < 4.78 is 0. The van der Waals surface area contributed by atoms with Crippen molar-refractivity contribution in [2.75, 3.05) is 0 Å². The molecule has 0 saturated heterocycles. The van der Waals surface area contributed by atoms with Gasteiger partial charge in [0.1, 0.15) is 6.33 Å². The zero-order valence-electron chi connectivity index (χ0n) is 16.2. The van der Waals surface area contributed by atoms with Crippen molar-refractivity contribution in [3.63, 3.8) is 0 Å². The lowest BCUT2D eigenvalue weighted by Crippen LogP contribution is -1.90. The molecular formula is C26H18N4. The number of pyridine rings is 2. The summed E-state index contributed by atoms with van der Waals surface area (Å²) >= 11 is 0. The van der Waals surface area contributed by atoms with E-state index in [0.29, 0.717) is 0 Å². The molecule has 0 spiro atoms. The minimum atomic E-state index is 0.902. The van der Waals surface area contributed by atoms with Crippen LogP contribution in [0.15, 0.2) is 110 Å². The van der Waals surface area contributed by atoms with E-state index >= 15 is 0 Å². The minimum Gasteiger partial charge on any atom is -0.265 e. The molecule has 0 aliphatic rings. The van der Waals surface area contributed by atoms with Gasteiger partial charge in [0.25, 0.3) is 0 Å². The molecule has 0 amide bonds. The molecule has 5 rings (SSSR count). The first-order valence-electron chi connectivity index (χ1n) is 9.70. The third-order valence-electron chi connectivity index (χ3n) is 5.06. The molecule has 4 nitrogen and oxygen atoms in total. The SMILES string of the molecule is c1cc(-c2ccc(-c3cc(-c4ccc(-c5ccncc5)cc4)ncn3)cc2)ccn1. The molecule has 0 saturated carbocycles. The van der Waals surface area contributed by atoms with Crippen LogP contribution in [0.4, 0.5) is 0 Å². The highest BCUT2D eigenvalue weighted by molar-refractivity contribution is 5.73. The molecular weight excluding hydrogens is 368 g/mol. The smallest absolute Gasteiger partial charge is 0.116 e. The predicted molar refractivity (Wildman–Crippen MR) is 119 cm³/mol. The average molecular weight is 386 g/mol. The first-order chi connectivity index (χ1) is 14.9. The predicted octanol–water partition coefficient (Wildman–Crippen LogP) is 5.93. The molecule has 0 atom stereocenters. The van der Waals surface area contributed by atoms with Crippen molar-refractivity contribution in [1.82, 2.24) is 19.9 Å². The van der Waals surface area contributed by atoms with Crippen LogP contribution in [0.5, 0.6) is 0 Å². The first kappa shape index (κ1) is 17.9. The van der Waals surface area contributed by atoms with Gasteiger partial charge < -0.3 is 0 Å². The number of nitrogens with zero attached hydrogens (tertiary/aromatic N) is 4. The number of hydrogen-bond acceptors (Lipinski definition) is 4. The van der Waals surface area contributed by atoms with Crippen LogP contribution in [0.2, 0.25) is 0 Å². The van der Waals surface area contributed by atoms with Crippen molar-refractivity contribution in [2.24, 2.45) is 0 Å². The lowest BCUT2D eigenvalue weighted by atomic mass is 10.0. The molecule has 0 fully saturated rings. The van der Waals surface area contributed by atoms with Gasteiger partial charge in [-0.1, -0.05) is 48.5 Å². The van der Waals surface area contributed by atoms with Crippen LogP contribution in [0.25, 0.3) is 44.8 Å². The lowest BCUT2D eigenvalue weighted by molar-refractivity contribution is 1.18. The Hall–Kier alpha value is -4.18. The number of rotatable bonds is 4. The fraction of sp³-hybridized carbons (Fsp3) is 0. The van der Waals surface area contributed by atoms with Gasteiger partial charge >= 0.3 is 0 Å².